The molecule has 0 atom stereocenters. The van der Waals surface area contributed by atoms with Crippen molar-refractivity contribution < 1.29 is 4.79 Å². The SMILES string of the molecule is C#CCn1cccc1C(=O)C1CCCCC1. The molecular weight excluding hydrogens is 198 g/mol. The predicted octanol–water partition coefficient (Wildman–Crippen LogP) is 2.88. The fourth-order valence-electron chi connectivity index (χ4n) is 2.45. The molecule has 0 aliphatic heterocycles. The van der Waals surface area contributed by atoms with E-state index < -0.39 is 0 Å². The van der Waals surface area contributed by atoms with Gasteiger partial charge in [0, 0.05) is 12.1 Å². The second-order valence-electron chi connectivity index (χ2n) is 4.42. The van der Waals surface area contributed by atoms with E-state index in [2.05, 4.69) is 5.92 Å². The van der Waals surface area contributed by atoms with Crippen molar-refractivity contribution in [2.24, 2.45) is 5.92 Å². The molecule has 2 heteroatoms. The van der Waals surface area contributed by atoms with Gasteiger partial charge in [0.1, 0.15) is 0 Å². The largest absolute Gasteiger partial charge is 0.333 e. The van der Waals surface area contributed by atoms with Crippen LogP contribution >= 0.6 is 0 Å². The van der Waals surface area contributed by atoms with E-state index in [1.54, 1.807) is 0 Å². The highest BCUT2D eigenvalue weighted by atomic mass is 16.1. The second-order valence-corrected chi connectivity index (χ2v) is 4.42. The second kappa shape index (κ2) is 5.03. The molecule has 1 aromatic heterocycles. The van der Waals surface area contributed by atoms with E-state index in [0.29, 0.717) is 6.54 Å². The molecule has 1 heterocycles. The standard InChI is InChI=1S/C14H17NO/c1-2-10-15-11-6-9-13(15)14(16)12-7-4-3-5-8-12/h1,6,9,11-12H,3-5,7-8,10H2. The normalized spacial score (nSPS) is 16.9. The maximum absolute atomic E-state index is 12.3. The lowest BCUT2D eigenvalue weighted by atomic mass is 9.85. The number of hydrogen-bond donors (Lipinski definition) is 0. The zero-order chi connectivity index (χ0) is 11.4. The van der Waals surface area contributed by atoms with E-state index >= 15 is 0 Å². The highest BCUT2D eigenvalue weighted by Crippen LogP contribution is 2.26. The Hall–Kier alpha value is -1.49. The molecular formula is C14H17NO. The number of carbonyl (C=O) groups excluding carboxylic acids is 1. The van der Waals surface area contributed by atoms with Gasteiger partial charge in [0.25, 0.3) is 0 Å². The molecule has 0 unspecified atom stereocenters. The minimum absolute atomic E-state index is 0.222. The van der Waals surface area contributed by atoms with Gasteiger partial charge in [-0.2, -0.15) is 0 Å². The first kappa shape index (κ1) is 11.0. The van der Waals surface area contributed by atoms with Crippen LogP contribution in [0.15, 0.2) is 18.3 Å². The summed E-state index contributed by atoms with van der Waals surface area (Å²) in [4.78, 5) is 12.3. The molecule has 0 N–H and O–H groups in total. The molecule has 1 aliphatic carbocycles. The Morgan fingerprint density at radius 1 is 1.44 bits per heavy atom. The first-order valence-electron chi connectivity index (χ1n) is 5.95. The van der Waals surface area contributed by atoms with Crippen LogP contribution in [0.4, 0.5) is 0 Å². The summed E-state index contributed by atoms with van der Waals surface area (Å²) in [6, 6.07) is 3.78. The van der Waals surface area contributed by atoms with E-state index in [4.69, 9.17) is 6.42 Å². The van der Waals surface area contributed by atoms with Crippen LogP contribution in [-0.2, 0) is 6.54 Å². The summed E-state index contributed by atoms with van der Waals surface area (Å²) < 4.78 is 1.87. The predicted molar refractivity (Wildman–Crippen MR) is 64.2 cm³/mol. The van der Waals surface area contributed by atoms with Crippen LogP contribution in [-0.4, -0.2) is 10.4 Å². The van der Waals surface area contributed by atoms with Gasteiger partial charge in [-0.25, -0.2) is 0 Å². The Kier molecular flexibility index (Phi) is 3.46. The molecule has 0 amide bonds. The minimum atomic E-state index is 0.222. The van der Waals surface area contributed by atoms with E-state index in [0.717, 1.165) is 18.5 Å². The molecule has 0 saturated heterocycles. The molecule has 16 heavy (non-hydrogen) atoms. The van der Waals surface area contributed by atoms with Gasteiger partial charge in [-0.05, 0) is 25.0 Å². The van der Waals surface area contributed by atoms with Gasteiger partial charge in [-0.15, -0.1) is 6.42 Å². The minimum Gasteiger partial charge on any atom is -0.333 e. The number of hydrogen-bond acceptors (Lipinski definition) is 1. The number of aromatic nitrogens is 1. The molecule has 84 valence electrons. The van der Waals surface area contributed by atoms with Crippen LogP contribution < -0.4 is 0 Å². The molecule has 0 bridgehead atoms. The Morgan fingerprint density at radius 3 is 2.88 bits per heavy atom. The molecule has 0 aromatic carbocycles. The van der Waals surface area contributed by atoms with E-state index in [1.165, 1.54) is 19.3 Å². The maximum Gasteiger partial charge on any atom is 0.182 e. The number of carbonyl (C=O) groups is 1. The van der Waals surface area contributed by atoms with Crippen LogP contribution in [0, 0.1) is 18.3 Å². The molecule has 0 spiro atoms. The van der Waals surface area contributed by atoms with E-state index in [9.17, 15) is 4.79 Å². The van der Waals surface area contributed by atoms with Crippen molar-refractivity contribution >= 4 is 5.78 Å². The van der Waals surface area contributed by atoms with E-state index in [1.807, 2.05) is 22.9 Å². The Labute approximate surface area is 96.7 Å². The quantitative estimate of drug-likeness (QED) is 0.561. The number of rotatable bonds is 3. The van der Waals surface area contributed by atoms with Gasteiger partial charge in [-0.1, -0.05) is 25.2 Å². The van der Waals surface area contributed by atoms with Crippen molar-refractivity contribution in [3.05, 3.63) is 24.0 Å². The van der Waals surface area contributed by atoms with Gasteiger partial charge in [0.2, 0.25) is 0 Å². The lowest BCUT2D eigenvalue weighted by Crippen LogP contribution is -2.20. The number of ketones is 1. The van der Waals surface area contributed by atoms with Crippen molar-refractivity contribution in [3.8, 4) is 12.3 Å². The molecule has 2 nitrogen and oxygen atoms in total. The topological polar surface area (TPSA) is 22.0 Å². The zero-order valence-corrected chi connectivity index (χ0v) is 9.48. The molecule has 0 radical (unpaired) electrons. The summed E-state index contributed by atoms with van der Waals surface area (Å²) in [6.45, 7) is 0.487. The Bertz CT molecular complexity index is 405. The third-order valence-electron chi connectivity index (χ3n) is 3.32. The lowest BCUT2D eigenvalue weighted by Gasteiger charge is -2.20. The third kappa shape index (κ3) is 2.19. The van der Waals surface area contributed by atoms with Crippen LogP contribution in [0.5, 0.6) is 0 Å². The van der Waals surface area contributed by atoms with Gasteiger partial charge in [-0.3, -0.25) is 4.79 Å². The lowest BCUT2D eigenvalue weighted by molar-refractivity contribution is 0.0880. The molecule has 1 saturated carbocycles. The summed E-state index contributed by atoms with van der Waals surface area (Å²) in [6.07, 6.45) is 12.9. The Morgan fingerprint density at radius 2 is 2.19 bits per heavy atom. The van der Waals surface area contributed by atoms with Crippen LogP contribution in [0.1, 0.15) is 42.6 Å². The van der Waals surface area contributed by atoms with Crippen molar-refractivity contribution in [2.75, 3.05) is 0 Å². The molecule has 1 aliphatic rings. The summed E-state index contributed by atoms with van der Waals surface area (Å²) in [7, 11) is 0. The van der Waals surface area contributed by atoms with Gasteiger partial charge < -0.3 is 4.57 Å². The Balaban J connectivity index is 2.13. The van der Waals surface area contributed by atoms with Crippen molar-refractivity contribution in [1.29, 1.82) is 0 Å². The molecule has 1 aromatic rings. The summed E-state index contributed by atoms with van der Waals surface area (Å²) in [5, 5.41) is 0. The fourth-order valence-corrected chi connectivity index (χ4v) is 2.45. The van der Waals surface area contributed by atoms with Crippen LogP contribution in [0.25, 0.3) is 0 Å². The maximum atomic E-state index is 12.3. The zero-order valence-electron chi connectivity index (χ0n) is 9.48. The third-order valence-corrected chi connectivity index (χ3v) is 3.32. The fraction of sp³-hybridized carbons (Fsp3) is 0.500. The van der Waals surface area contributed by atoms with Gasteiger partial charge >= 0.3 is 0 Å². The van der Waals surface area contributed by atoms with E-state index in [-0.39, 0.29) is 11.7 Å². The number of Topliss-reactive ketones (excluding diaryl/α,β-unsaturated/α-hetero) is 1. The van der Waals surface area contributed by atoms with Gasteiger partial charge in [0.05, 0.1) is 12.2 Å². The summed E-state index contributed by atoms with van der Waals surface area (Å²) >= 11 is 0. The van der Waals surface area contributed by atoms with Crippen molar-refractivity contribution in [1.82, 2.24) is 4.57 Å². The molecule has 2 rings (SSSR count). The average molecular weight is 215 g/mol. The highest BCUT2D eigenvalue weighted by Gasteiger charge is 2.23. The van der Waals surface area contributed by atoms with Crippen LogP contribution in [0.2, 0.25) is 0 Å². The van der Waals surface area contributed by atoms with Crippen molar-refractivity contribution in [3.63, 3.8) is 0 Å². The first-order valence-corrected chi connectivity index (χ1v) is 5.95. The average Bonchev–Trinajstić information content (AvgIpc) is 2.78. The smallest absolute Gasteiger partial charge is 0.182 e. The van der Waals surface area contributed by atoms with Gasteiger partial charge in [0.15, 0.2) is 5.78 Å². The molecule has 1 fully saturated rings. The highest BCUT2D eigenvalue weighted by molar-refractivity contribution is 5.96. The van der Waals surface area contributed by atoms with Crippen molar-refractivity contribution in [2.45, 2.75) is 38.6 Å². The summed E-state index contributed by atoms with van der Waals surface area (Å²) in [5.41, 5.74) is 0.782. The van der Waals surface area contributed by atoms with Crippen LogP contribution in [0.3, 0.4) is 0 Å². The number of nitrogens with zero attached hydrogens (tertiary/aromatic N) is 1. The first-order chi connectivity index (χ1) is 7.83. The monoisotopic (exact) mass is 215 g/mol. The number of terminal acetylenes is 1. The summed E-state index contributed by atoms with van der Waals surface area (Å²) in [5.74, 6) is 3.08.